The standard InChI is InChI=1S/C22H37N5O2S/c1-4-25(5-2)20(28)17-24-12-14-26(15-13-24)18(3)21(29)27(22-23-11-16-30-22)19-9-7-6-8-10-19/h11,16,18-19H,4-10,12-15,17H2,1-3H3. The molecule has 1 unspecified atom stereocenters. The number of thiazole rings is 1. The van der Waals surface area contributed by atoms with Gasteiger partial charge in [0.2, 0.25) is 11.8 Å². The van der Waals surface area contributed by atoms with E-state index in [0.717, 1.165) is 57.2 Å². The van der Waals surface area contributed by atoms with E-state index in [2.05, 4.69) is 14.8 Å². The second kappa shape index (κ2) is 11.2. The van der Waals surface area contributed by atoms with Crippen molar-refractivity contribution < 1.29 is 9.59 Å². The Morgan fingerprint density at radius 3 is 2.37 bits per heavy atom. The quantitative estimate of drug-likeness (QED) is 0.628. The fraction of sp³-hybridized carbons (Fsp3) is 0.773. The minimum absolute atomic E-state index is 0.170. The highest BCUT2D eigenvalue weighted by Gasteiger charge is 2.35. The first kappa shape index (κ1) is 23.2. The molecule has 1 saturated carbocycles. The van der Waals surface area contributed by atoms with Gasteiger partial charge in [-0.3, -0.25) is 24.3 Å². The highest BCUT2D eigenvalue weighted by Crippen LogP contribution is 2.30. The lowest BCUT2D eigenvalue weighted by atomic mass is 9.94. The molecule has 0 spiro atoms. The van der Waals surface area contributed by atoms with E-state index in [1.807, 2.05) is 36.0 Å². The maximum atomic E-state index is 13.5. The molecule has 1 saturated heterocycles. The molecule has 2 amide bonds. The van der Waals surface area contributed by atoms with Crippen LogP contribution in [0, 0.1) is 0 Å². The predicted octanol–water partition coefficient (Wildman–Crippen LogP) is 2.68. The Kier molecular flexibility index (Phi) is 8.65. The molecular formula is C22H37N5O2S. The third-order valence-electron chi connectivity index (χ3n) is 6.59. The zero-order chi connectivity index (χ0) is 21.5. The van der Waals surface area contributed by atoms with Crippen LogP contribution >= 0.6 is 11.3 Å². The molecule has 1 aromatic rings. The number of rotatable bonds is 8. The monoisotopic (exact) mass is 435 g/mol. The summed E-state index contributed by atoms with van der Waals surface area (Å²) in [4.78, 5) is 38.8. The van der Waals surface area contributed by atoms with E-state index < -0.39 is 0 Å². The Hall–Kier alpha value is -1.51. The topological polar surface area (TPSA) is 60.0 Å². The van der Waals surface area contributed by atoms with Crippen molar-refractivity contribution in [3.63, 3.8) is 0 Å². The van der Waals surface area contributed by atoms with Gasteiger partial charge in [-0.1, -0.05) is 19.3 Å². The molecule has 2 fully saturated rings. The van der Waals surface area contributed by atoms with Crippen LogP contribution in [0.25, 0.3) is 0 Å². The molecule has 0 radical (unpaired) electrons. The van der Waals surface area contributed by atoms with Gasteiger partial charge < -0.3 is 4.90 Å². The third-order valence-corrected chi connectivity index (χ3v) is 7.36. The van der Waals surface area contributed by atoms with Crippen molar-refractivity contribution in [2.24, 2.45) is 0 Å². The van der Waals surface area contributed by atoms with Gasteiger partial charge >= 0.3 is 0 Å². The van der Waals surface area contributed by atoms with Gasteiger partial charge in [0.05, 0.1) is 12.6 Å². The summed E-state index contributed by atoms with van der Waals surface area (Å²) in [6, 6.07) is 0.101. The molecule has 1 aliphatic heterocycles. The Labute approximate surface area is 185 Å². The van der Waals surface area contributed by atoms with Crippen molar-refractivity contribution in [2.45, 2.75) is 65.0 Å². The van der Waals surface area contributed by atoms with Crippen LogP contribution in [0.15, 0.2) is 11.6 Å². The summed E-state index contributed by atoms with van der Waals surface area (Å²) in [5, 5.41) is 2.79. The van der Waals surface area contributed by atoms with Crippen LogP contribution in [-0.4, -0.2) is 89.4 Å². The summed E-state index contributed by atoms with van der Waals surface area (Å²) in [6.45, 7) is 11.3. The van der Waals surface area contributed by atoms with Crippen molar-refractivity contribution in [1.82, 2.24) is 19.7 Å². The zero-order valence-corrected chi connectivity index (χ0v) is 19.6. The smallest absolute Gasteiger partial charge is 0.246 e. The van der Waals surface area contributed by atoms with Crippen molar-refractivity contribution in [1.29, 1.82) is 0 Å². The van der Waals surface area contributed by atoms with Crippen molar-refractivity contribution in [2.75, 3.05) is 50.7 Å². The van der Waals surface area contributed by atoms with Crippen LogP contribution in [0.3, 0.4) is 0 Å². The van der Waals surface area contributed by atoms with E-state index >= 15 is 0 Å². The van der Waals surface area contributed by atoms with E-state index in [9.17, 15) is 9.59 Å². The second-order valence-electron chi connectivity index (χ2n) is 8.37. The molecule has 1 aromatic heterocycles. The average Bonchev–Trinajstić information content (AvgIpc) is 3.30. The van der Waals surface area contributed by atoms with E-state index in [0.29, 0.717) is 6.54 Å². The zero-order valence-electron chi connectivity index (χ0n) is 18.8. The van der Waals surface area contributed by atoms with Crippen LogP contribution in [0.2, 0.25) is 0 Å². The molecule has 0 N–H and O–H groups in total. The van der Waals surface area contributed by atoms with Crippen molar-refractivity contribution >= 4 is 28.3 Å². The normalized spacial score (nSPS) is 20.1. The van der Waals surface area contributed by atoms with E-state index in [1.165, 1.54) is 19.3 Å². The number of amides is 2. The van der Waals surface area contributed by atoms with Crippen molar-refractivity contribution in [3.05, 3.63) is 11.6 Å². The van der Waals surface area contributed by atoms with Crippen LogP contribution in [0.5, 0.6) is 0 Å². The molecule has 168 valence electrons. The van der Waals surface area contributed by atoms with Crippen molar-refractivity contribution in [3.8, 4) is 0 Å². The van der Waals surface area contributed by atoms with Gasteiger partial charge in [-0.2, -0.15) is 0 Å². The summed E-state index contributed by atoms with van der Waals surface area (Å²) in [6.07, 6.45) is 7.57. The molecule has 2 aliphatic rings. The summed E-state index contributed by atoms with van der Waals surface area (Å²) in [5.74, 6) is 0.370. The lowest BCUT2D eigenvalue weighted by molar-refractivity contribution is -0.133. The van der Waals surface area contributed by atoms with E-state index in [-0.39, 0.29) is 23.9 Å². The molecule has 1 aliphatic carbocycles. The fourth-order valence-electron chi connectivity index (χ4n) is 4.64. The molecule has 3 rings (SSSR count). The number of carbonyl (C=O) groups is 2. The molecule has 0 bridgehead atoms. The van der Waals surface area contributed by atoms with Gasteiger partial charge in [0.15, 0.2) is 5.13 Å². The summed E-state index contributed by atoms with van der Waals surface area (Å²) in [7, 11) is 0. The van der Waals surface area contributed by atoms with Gasteiger partial charge in [-0.05, 0) is 33.6 Å². The second-order valence-corrected chi connectivity index (χ2v) is 9.24. The van der Waals surface area contributed by atoms with Crippen LogP contribution in [0.1, 0.15) is 52.9 Å². The molecule has 30 heavy (non-hydrogen) atoms. The number of anilines is 1. The Bertz CT molecular complexity index is 665. The number of hydrogen-bond acceptors (Lipinski definition) is 6. The highest BCUT2D eigenvalue weighted by atomic mass is 32.1. The highest BCUT2D eigenvalue weighted by molar-refractivity contribution is 7.13. The van der Waals surface area contributed by atoms with Crippen LogP contribution in [0.4, 0.5) is 5.13 Å². The van der Waals surface area contributed by atoms with E-state index in [4.69, 9.17) is 0 Å². The van der Waals surface area contributed by atoms with Gasteiger partial charge in [-0.25, -0.2) is 4.98 Å². The molecule has 0 aromatic carbocycles. The number of likely N-dealkylation sites (N-methyl/N-ethyl adjacent to an activating group) is 1. The van der Waals surface area contributed by atoms with Gasteiger partial charge in [0, 0.05) is 56.9 Å². The summed E-state index contributed by atoms with van der Waals surface area (Å²) >= 11 is 1.56. The molecule has 2 heterocycles. The number of aromatic nitrogens is 1. The first-order chi connectivity index (χ1) is 14.5. The summed E-state index contributed by atoms with van der Waals surface area (Å²) in [5.41, 5.74) is 0. The number of carbonyl (C=O) groups excluding carboxylic acids is 2. The molecule has 7 nitrogen and oxygen atoms in total. The van der Waals surface area contributed by atoms with Gasteiger partial charge in [0.25, 0.3) is 0 Å². The molecule has 1 atom stereocenters. The van der Waals surface area contributed by atoms with Gasteiger partial charge in [0.1, 0.15) is 0 Å². The lowest BCUT2D eigenvalue weighted by Crippen LogP contribution is -2.57. The number of nitrogens with zero attached hydrogens (tertiary/aromatic N) is 5. The molecular weight excluding hydrogens is 398 g/mol. The number of piperazine rings is 1. The third kappa shape index (κ3) is 5.59. The SMILES string of the molecule is CCN(CC)C(=O)CN1CCN(C(C)C(=O)N(c2nccs2)C2CCCCC2)CC1. The summed E-state index contributed by atoms with van der Waals surface area (Å²) < 4.78 is 0. The maximum absolute atomic E-state index is 13.5. The first-order valence-electron chi connectivity index (χ1n) is 11.5. The number of hydrogen-bond donors (Lipinski definition) is 0. The Morgan fingerprint density at radius 1 is 1.13 bits per heavy atom. The van der Waals surface area contributed by atoms with Gasteiger partial charge in [-0.15, -0.1) is 11.3 Å². The minimum Gasteiger partial charge on any atom is -0.342 e. The molecule has 8 heteroatoms. The largest absolute Gasteiger partial charge is 0.342 e. The lowest BCUT2D eigenvalue weighted by Gasteiger charge is -2.40. The fourth-order valence-corrected chi connectivity index (χ4v) is 5.36. The Balaban J connectivity index is 1.58. The predicted molar refractivity (Wildman–Crippen MR) is 122 cm³/mol. The maximum Gasteiger partial charge on any atom is 0.246 e. The van der Waals surface area contributed by atoms with Crippen LogP contribution < -0.4 is 4.90 Å². The first-order valence-corrected chi connectivity index (χ1v) is 12.4. The van der Waals surface area contributed by atoms with E-state index in [1.54, 1.807) is 17.5 Å². The average molecular weight is 436 g/mol. The van der Waals surface area contributed by atoms with Crippen LogP contribution in [-0.2, 0) is 9.59 Å². The minimum atomic E-state index is -0.170. The Morgan fingerprint density at radius 2 is 1.80 bits per heavy atom.